The van der Waals surface area contributed by atoms with Crippen molar-refractivity contribution in [2.75, 3.05) is 11.5 Å². The van der Waals surface area contributed by atoms with Crippen molar-refractivity contribution < 1.29 is 18.0 Å². The lowest BCUT2D eigenvalue weighted by atomic mass is 10.3. The largest absolute Gasteiger partial charge is 0.452 e. The molecule has 0 N–H and O–H groups in total. The summed E-state index contributed by atoms with van der Waals surface area (Å²) in [7, 11) is 0. The molecule has 76 valence electrons. The van der Waals surface area contributed by atoms with Gasteiger partial charge in [0.25, 0.3) is 5.78 Å². The number of thioether (sulfide) groups is 2. The van der Waals surface area contributed by atoms with Crippen LogP contribution in [0, 0.1) is 0 Å². The Balaban J connectivity index is 2.73. The summed E-state index contributed by atoms with van der Waals surface area (Å²) < 4.78 is 35.0. The third-order valence-corrected chi connectivity index (χ3v) is 4.88. The van der Waals surface area contributed by atoms with Crippen LogP contribution >= 0.6 is 23.5 Å². The third kappa shape index (κ3) is 2.56. The summed E-state index contributed by atoms with van der Waals surface area (Å²) in [6, 6.07) is 0. The summed E-state index contributed by atoms with van der Waals surface area (Å²) >= 11 is 2.19. The van der Waals surface area contributed by atoms with Crippen LogP contribution in [-0.4, -0.2) is 27.5 Å². The van der Waals surface area contributed by atoms with Crippen LogP contribution in [0.1, 0.15) is 13.3 Å². The zero-order chi connectivity index (χ0) is 10.1. The minimum Gasteiger partial charge on any atom is -0.287 e. The number of rotatable bonds is 1. The molecule has 1 fully saturated rings. The maximum Gasteiger partial charge on any atom is 0.452 e. The van der Waals surface area contributed by atoms with E-state index in [1.54, 1.807) is 0 Å². The number of Topliss-reactive ketones (excluding diaryl/α,β-unsaturated/α-hetero) is 1. The van der Waals surface area contributed by atoms with E-state index in [0.717, 1.165) is 29.9 Å². The number of alkyl halides is 3. The van der Waals surface area contributed by atoms with Gasteiger partial charge in [0.15, 0.2) is 0 Å². The molecule has 1 aliphatic rings. The van der Waals surface area contributed by atoms with Crippen LogP contribution in [-0.2, 0) is 4.79 Å². The van der Waals surface area contributed by atoms with Crippen LogP contribution in [0.3, 0.4) is 0 Å². The van der Waals surface area contributed by atoms with Crippen molar-refractivity contribution in [2.24, 2.45) is 0 Å². The first-order valence-corrected chi connectivity index (χ1v) is 5.73. The molecule has 0 aromatic carbocycles. The molecule has 0 unspecified atom stereocenters. The standard InChI is InChI=1S/C7H9F3OS2/c1-6(5(11)7(8,9)10)12-3-2-4-13-6/h2-4H2,1H3. The van der Waals surface area contributed by atoms with Crippen LogP contribution in [0.2, 0.25) is 0 Å². The SMILES string of the molecule is CC1(C(=O)C(F)(F)F)SCCCS1. The molecule has 0 radical (unpaired) electrons. The lowest BCUT2D eigenvalue weighted by Gasteiger charge is -2.31. The van der Waals surface area contributed by atoms with Crippen LogP contribution in [0.15, 0.2) is 0 Å². The fourth-order valence-corrected chi connectivity index (χ4v) is 3.89. The average molecular weight is 230 g/mol. The van der Waals surface area contributed by atoms with Gasteiger partial charge < -0.3 is 0 Å². The molecule has 0 aromatic rings. The van der Waals surface area contributed by atoms with Gasteiger partial charge in [-0.05, 0) is 24.9 Å². The van der Waals surface area contributed by atoms with Crippen molar-refractivity contribution in [3.8, 4) is 0 Å². The van der Waals surface area contributed by atoms with Gasteiger partial charge in [0.2, 0.25) is 0 Å². The normalized spacial score (nSPS) is 22.8. The van der Waals surface area contributed by atoms with Crippen molar-refractivity contribution in [1.82, 2.24) is 0 Å². The Labute approximate surface area is 82.8 Å². The molecule has 1 heterocycles. The van der Waals surface area contributed by atoms with Crippen molar-refractivity contribution in [3.05, 3.63) is 0 Å². The van der Waals surface area contributed by atoms with Gasteiger partial charge in [-0.25, -0.2) is 0 Å². The highest BCUT2D eigenvalue weighted by Gasteiger charge is 2.51. The second-order valence-electron chi connectivity index (χ2n) is 2.82. The molecular formula is C7H9F3OS2. The van der Waals surface area contributed by atoms with E-state index < -0.39 is 16.0 Å². The van der Waals surface area contributed by atoms with E-state index in [2.05, 4.69) is 0 Å². The van der Waals surface area contributed by atoms with Gasteiger partial charge in [-0.3, -0.25) is 4.79 Å². The topological polar surface area (TPSA) is 17.1 Å². The first-order chi connectivity index (χ1) is 5.86. The molecule has 0 saturated carbocycles. The van der Waals surface area contributed by atoms with Crippen LogP contribution in [0.4, 0.5) is 13.2 Å². The average Bonchev–Trinajstić information content (AvgIpc) is 2.03. The van der Waals surface area contributed by atoms with E-state index in [1.807, 2.05) is 0 Å². The van der Waals surface area contributed by atoms with Crippen molar-refractivity contribution in [1.29, 1.82) is 0 Å². The zero-order valence-corrected chi connectivity index (χ0v) is 8.61. The van der Waals surface area contributed by atoms with E-state index in [9.17, 15) is 18.0 Å². The first-order valence-electron chi connectivity index (χ1n) is 3.76. The summed E-state index contributed by atoms with van der Waals surface area (Å²) in [5.74, 6) is -0.355. The molecule has 6 heteroatoms. The molecule has 1 nitrogen and oxygen atoms in total. The Hall–Kier alpha value is 0.160. The summed E-state index contributed by atoms with van der Waals surface area (Å²) in [5.41, 5.74) is 0. The Morgan fingerprint density at radius 3 is 2.15 bits per heavy atom. The highest BCUT2D eigenvalue weighted by molar-refractivity contribution is 8.19. The molecule has 0 aromatic heterocycles. The first kappa shape index (κ1) is 11.2. The predicted octanol–water partition coefficient (Wildman–Crippen LogP) is 2.70. The van der Waals surface area contributed by atoms with Crippen molar-refractivity contribution in [3.63, 3.8) is 0 Å². The molecular weight excluding hydrogens is 221 g/mol. The molecule has 0 bridgehead atoms. The second kappa shape index (κ2) is 3.73. The number of carbonyl (C=O) groups excluding carboxylic acids is 1. The maximum absolute atomic E-state index is 12.1. The lowest BCUT2D eigenvalue weighted by Crippen LogP contribution is -2.41. The molecule has 1 aliphatic heterocycles. The van der Waals surface area contributed by atoms with E-state index in [-0.39, 0.29) is 0 Å². The third-order valence-electron chi connectivity index (χ3n) is 1.71. The number of carbonyl (C=O) groups is 1. The van der Waals surface area contributed by atoms with Gasteiger partial charge in [-0.2, -0.15) is 13.2 Å². The van der Waals surface area contributed by atoms with E-state index in [4.69, 9.17) is 0 Å². The molecule has 0 aliphatic carbocycles. The number of ketones is 1. The predicted molar refractivity (Wildman–Crippen MR) is 49.0 cm³/mol. The fourth-order valence-electron chi connectivity index (χ4n) is 1.02. The minimum atomic E-state index is -4.70. The molecule has 0 amide bonds. The molecule has 13 heavy (non-hydrogen) atoms. The molecule has 1 saturated heterocycles. The van der Waals surface area contributed by atoms with Gasteiger partial charge in [-0.15, -0.1) is 23.5 Å². The Bertz CT molecular complexity index is 208. The maximum atomic E-state index is 12.1. The summed E-state index contributed by atoms with van der Waals surface area (Å²) in [5, 5.41) is 0. The Kier molecular flexibility index (Phi) is 3.22. The fraction of sp³-hybridized carbons (Fsp3) is 0.857. The van der Waals surface area contributed by atoms with Gasteiger partial charge in [-0.1, -0.05) is 0 Å². The van der Waals surface area contributed by atoms with Crippen LogP contribution in [0.25, 0.3) is 0 Å². The molecule has 0 spiro atoms. The number of halogens is 3. The van der Waals surface area contributed by atoms with Crippen LogP contribution < -0.4 is 0 Å². The summed E-state index contributed by atoms with van der Waals surface area (Å²) in [6.45, 7) is 1.36. The monoisotopic (exact) mass is 230 g/mol. The minimum absolute atomic E-state index is 0.630. The zero-order valence-electron chi connectivity index (χ0n) is 6.98. The summed E-state index contributed by atoms with van der Waals surface area (Å²) in [6.07, 6.45) is -3.83. The van der Waals surface area contributed by atoms with Gasteiger partial charge >= 0.3 is 6.18 Å². The highest BCUT2D eigenvalue weighted by atomic mass is 32.2. The number of hydrogen-bond acceptors (Lipinski definition) is 3. The smallest absolute Gasteiger partial charge is 0.287 e. The van der Waals surface area contributed by atoms with Crippen molar-refractivity contribution in [2.45, 2.75) is 23.6 Å². The van der Waals surface area contributed by atoms with E-state index >= 15 is 0 Å². The Morgan fingerprint density at radius 1 is 1.31 bits per heavy atom. The Morgan fingerprint density at radius 2 is 1.77 bits per heavy atom. The van der Waals surface area contributed by atoms with Crippen LogP contribution in [0.5, 0.6) is 0 Å². The highest BCUT2D eigenvalue weighted by Crippen LogP contribution is 2.45. The quantitative estimate of drug-likeness (QED) is 0.689. The molecule has 1 rings (SSSR count). The second-order valence-corrected chi connectivity index (χ2v) is 6.11. The molecule has 0 atom stereocenters. The summed E-state index contributed by atoms with van der Waals surface area (Å²) in [4.78, 5) is 11.0. The van der Waals surface area contributed by atoms with E-state index in [1.165, 1.54) is 6.92 Å². The lowest BCUT2D eigenvalue weighted by molar-refractivity contribution is -0.170. The number of hydrogen-bond donors (Lipinski definition) is 0. The van der Waals surface area contributed by atoms with Crippen molar-refractivity contribution >= 4 is 29.3 Å². The van der Waals surface area contributed by atoms with Gasteiger partial charge in [0.05, 0.1) is 0 Å². The van der Waals surface area contributed by atoms with Gasteiger partial charge in [0, 0.05) is 0 Å². The van der Waals surface area contributed by atoms with Gasteiger partial charge in [0.1, 0.15) is 4.08 Å². The van der Waals surface area contributed by atoms with E-state index in [0.29, 0.717) is 11.5 Å².